The Morgan fingerprint density at radius 1 is 1.29 bits per heavy atom. The second-order valence-electron chi connectivity index (χ2n) is 4.37. The van der Waals surface area contributed by atoms with E-state index in [9.17, 15) is 20.0 Å². The van der Waals surface area contributed by atoms with Gasteiger partial charge in [-0.25, -0.2) is 0 Å². The number of nitro benzene ring substituents is 1. The van der Waals surface area contributed by atoms with Crippen molar-refractivity contribution in [1.29, 1.82) is 0 Å². The molecule has 108 valence electrons. The van der Waals surface area contributed by atoms with Gasteiger partial charge in [-0.15, -0.1) is 0 Å². The van der Waals surface area contributed by atoms with E-state index in [1.165, 1.54) is 36.4 Å². The summed E-state index contributed by atoms with van der Waals surface area (Å²) in [6.07, 6.45) is 0. The molecule has 0 radical (unpaired) electrons. The summed E-state index contributed by atoms with van der Waals surface area (Å²) in [6, 6.07) is 8.21. The van der Waals surface area contributed by atoms with Crippen molar-refractivity contribution >= 4 is 28.9 Å². The molecule has 0 spiro atoms. The maximum absolute atomic E-state index is 12.1. The number of nitrogens with zero attached hydrogens (tertiary/aromatic N) is 1. The van der Waals surface area contributed by atoms with E-state index in [0.717, 1.165) is 0 Å². The first-order valence-corrected chi connectivity index (χ1v) is 6.31. The SMILES string of the molecule is Cc1cc([N+](=O)[O-])ccc1NC(=O)c1cc(Cl)ccc1O. The number of benzene rings is 2. The van der Waals surface area contributed by atoms with Crippen molar-refractivity contribution in [1.82, 2.24) is 0 Å². The van der Waals surface area contributed by atoms with Gasteiger partial charge in [-0.2, -0.15) is 0 Å². The second-order valence-corrected chi connectivity index (χ2v) is 4.81. The monoisotopic (exact) mass is 306 g/mol. The maximum Gasteiger partial charge on any atom is 0.269 e. The molecule has 0 unspecified atom stereocenters. The van der Waals surface area contributed by atoms with Gasteiger partial charge in [0.05, 0.1) is 10.5 Å². The van der Waals surface area contributed by atoms with Crippen LogP contribution in [0.25, 0.3) is 0 Å². The molecule has 0 aliphatic carbocycles. The molecule has 0 aromatic heterocycles. The number of anilines is 1. The minimum Gasteiger partial charge on any atom is -0.507 e. The van der Waals surface area contributed by atoms with Crippen molar-refractivity contribution in [3.63, 3.8) is 0 Å². The van der Waals surface area contributed by atoms with Gasteiger partial charge in [0.25, 0.3) is 11.6 Å². The number of non-ortho nitro benzene ring substituents is 1. The Bertz CT molecular complexity index is 731. The zero-order valence-corrected chi connectivity index (χ0v) is 11.7. The lowest BCUT2D eigenvalue weighted by Gasteiger charge is -2.09. The first-order chi connectivity index (χ1) is 9.88. The highest BCUT2D eigenvalue weighted by atomic mass is 35.5. The van der Waals surface area contributed by atoms with Crippen LogP contribution in [0.2, 0.25) is 5.02 Å². The molecule has 0 aliphatic rings. The Labute approximate surface area is 125 Å². The normalized spacial score (nSPS) is 10.2. The Morgan fingerprint density at radius 3 is 2.62 bits per heavy atom. The molecule has 2 N–H and O–H groups in total. The molecule has 1 amide bonds. The third-order valence-corrected chi connectivity index (χ3v) is 3.11. The molecule has 0 fully saturated rings. The quantitative estimate of drug-likeness (QED) is 0.670. The highest BCUT2D eigenvalue weighted by Crippen LogP contribution is 2.25. The molecule has 6 nitrogen and oxygen atoms in total. The third-order valence-electron chi connectivity index (χ3n) is 2.87. The summed E-state index contributed by atoms with van der Waals surface area (Å²) in [5, 5.41) is 23.2. The Morgan fingerprint density at radius 2 is 2.00 bits per heavy atom. The number of carbonyl (C=O) groups is 1. The summed E-state index contributed by atoms with van der Waals surface area (Å²) in [5.74, 6) is -0.747. The highest BCUT2D eigenvalue weighted by Gasteiger charge is 2.14. The minimum atomic E-state index is -0.549. The lowest BCUT2D eigenvalue weighted by Crippen LogP contribution is -2.13. The molecular weight excluding hydrogens is 296 g/mol. The van der Waals surface area contributed by atoms with E-state index >= 15 is 0 Å². The van der Waals surface area contributed by atoms with Crippen molar-refractivity contribution in [3.8, 4) is 5.75 Å². The Balaban J connectivity index is 2.27. The van der Waals surface area contributed by atoms with E-state index in [4.69, 9.17) is 11.6 Å². The number of nitrogens with one attached hydrogen (secondary N) is 1. The van der Waals surface area contributed by atoms with Crippen LogP contribution in [-0.2, 0) is 0 Å². The highest BCUT2D eigenvalue weighted by molar-refractivity contribution is 6.31. The van der Waals surface area contributed by atoms with Gasteiger partial charge < -0.3 is 10.4 Å². The molecule has 0 atom stereocenters. The molecular formula is C14H11ClN2O4. The number of amides is 1. The summed E-state index contributed by atoms with van der Waals surface area (Å²) >= 11 is 5.78. The fourth-order valence-corrected chi connectivity index (χ4v) is 1.95. The lowest BCUT2D eigenvalue weighted by molar-refractivity contribution is -0.384. The van der Waals surface area contributed by atoms with Gasteiger partial charge in [0.2, 0.25) is 0 Å². The lowest BCUT2D eigenvalue weighted by atomic mass is 10.1. The molecule has 2 aromatic carbocycles. The number of hydrogen-bond acceptors (Lipinski definition) is 4. The van der Waals surface area contributed by atoms with Gasteiger partial charge in [-0.1, -0.05) is 11.6 Å². The summed E-state index contributed by atoms with van der Waals surface area (Å²) in [5.41, 5.74) is 0.931. The zero-order valence-electron chi connectivity index (χ0n) is 11.0. The van der Waals surface area contributed by atoms with Crippen LogP contribution in [0, 0.1) is 17.0 Å². The third kappa shape index (κ3) is 3.29. The first kappa shape index (κ1) is 14.8. The van der Waals surface area contributed by atoms with E-state index in [1.807, 2.05) is 0 Å². The Kier molecular flexibility index (Phi) is 4.09. The van der Waals surface area contributed by atoms with Crippen LogP contribution in [-0.4, -0.2) is 15.9 Å². The molecule has 21 heavy (non-hydrogen) atoms. The Hall–Kier alpha value is -2.60. The predicted octanol–water partition coefficient (Wildman–Crippen LogP) is 3.51. The van der Waals surface area contributed by atoms with Gasteiger partial charge in [0.15, 0.2) is 0 Å². The average Bonchev–Trinajstić information content (AvgIpc) is 2.43. The minimum absolute atomic E-state index is 0.0280. The molecule has 0 saturated carbocycles. The molecule has 2 rings (SSSR count). The van der Waals surface area contributed by atoms with Crippen molar-refractivity contribution in [3.05, 3.63) is 62.7 Å². The van der Waals surface area contributed by atoms with Crippen LogP contribution in [0.4, 0.5) is 11.4 Å². The van der Waals surface area contributed by atoms with Crippen molar-refractivity contribution in [2.75, 3.05) is 5.32 Å². The van der Waals surface area contributed by atoms with E-state index in [-0.39, 0.29) is 17.0 Å². The fraction of sp³-hybridized carbons (Fsp3) is 0.0714. The van der Waals surface area contributed by atoms with Gasteiger partial charge in [0, 0.05) is 22.8 Å². The van der Waals surface area contributed by atoms with E-state index < -0.39 is 10.8 Å². The molecule has 0 saturated heterocycles. The average molecular weight is 307 g/mol. The summed E-state index contributed by atoms with van der Waals surface area (Å²) in [4.78, 5) is 22.2. The van der Waals surface area contributed by atoms with Gasteiger partial charge >= 0.3 is 0 Å². The molecule has 0 aliphatic heterocycles. The topological polar surface area (TPSA) is 92.5 Å². The predicted molar refractivity (Wildman–Crippen MR) is 78.9 cm³/mol. The maximum atomic E-state index is 12.1. The number of phenols is 1. The molecule has 2 aromatic rings. The van der Waals surface area contributed by atoms with Crippen LogP contribution < -0.4 is 5.32 Å². The van der Waals surface area contributed by atoms with Crippen molar-refractivity contribution in [2.45, 2.75) is 6.92 Å². The van der Waals surface area contributed by atoms with Crippen LogP contribution in [0.1, 0.15) is 15.9 Å². The van der Waals surface area contributed by atoms with Gasteiger partial charge in [-0.05, 0) is 36.8 Å². The summed E-state index contributed by atoms with van der Waals surface area (Å²) in [6.45, 7) is 1.64. The number of carbonyl (C=O) groups excluding carboxylic acids is 1. The fourth-order valence-electron chi connectivity index (χ4n) is 1.78. The van der Waals surface area contributed by atoms with Crippen LogP contribution in [0.5, 0.6) is 5.75 Å². The number of phenolic OH excluding ortho intramolecular Hbond substituents is 1. The number of rotatable bonds is 3. The standard InChI is InChI=1S/C14H11ClN2O4/c1-8-6-10(17(20)21)3-4-12(8)16-14(19)11-7-9(15)2-5-13(11)18/h2-7,18H,1H3,(H,16,19). The van der Waals surface area contributed by atoms with E-state index in [0.29, 0.717) is 16.3 Å². The first-order valence-electron chi connectivity index (χ1n) is 5.93. The van der Waals surface area contributed by atoms with E-state index in [2.05, 4.69) is 5.32 Å². The molecule has 7 heteroatoms. The van der Waals surface area contributed by atoms with Crippen molar-refractivity contribution in [2.24, 2.45) is 0 Å². The van der Waals surface area contributed by atoms with Gasteiger partial charge in [0.1, 0.15) is 5.75 Å². The summed E-state index contributed by atoms with van der Waals surface area (Å²) < 4.78 is 0. The number of halogens is 1. The zero-order chi connectivity index (χ0) is 15.6. The number of hydrogen-bond donors (Lipinski definition) is 2. The number of aryl methyl sites for hydroxylation is 1. The smallest absolute Gasteiger partial charge is 0.269 e. The second kappa shape index (κ2) is 5.80. The van der Waals surface area contributed by atoms with Crippen LogP contribution >= 0.6 is 11.6 Å². The van der Waals surface area contributed by atoms with Crippen molar-refractivity contribution < 1.29 is 14.8 Å². The molecule has 0 bridgehead atoms. The molecule has 0 heterocycles. The van der Waals surface area contributed by atoms with E-state index in [1.54, 1.807) is 6.92 Å². The van der Waals surface area contributed by atoms with Crippen LogP contribution in [0.3, 0.4) is 0 Å². The summed E-state index contributed by atoms with van der Waals surface area (Å²) in [7, 11) is 0. The number of aromatic hydroxyl groups is 1. The van der Waals surface area contributed by atoms with Gasteiger partial charge in [-0.3, -0.25) is 14.9 Å². The largest absolute Gasteiger partial charge is 0.507 e. The van der Waals surface area contributed by atoms with Crippen LogP contribution in [0.15, 0.2) is 36.4 Å². The number of nitro groups is 1.